The van der Waals surface area contributed by atoms with Crippen molar-refractivity contribution in [3.8, 4) is 0 Å². The summed E-state index contributed by atoms with van der Waals surface area (Å²) in [6, 6.07) is 0.421. The molecule has 0 bridgehead atoms. The van der Waals surface area contributed by atoms with Crippen LogP contribution in [-0.2, 0) is 4.79 Å². The largest absolute Gasteiger partial charge is 0.480 e. The highest BCUT2D eigenvalue weighted by atomic mass is 16.4. The molecule has 2 unspecified atom stereocenters. The van der Waals surface area contributed by atoms with Crippen LogP contribution in [0.1, 0.15) is 53.9 Å². The lowest BCUT2D eigenvalue weighted by atomic mass is 9.78. The fraction of sp³-hybridized carbons (Fsp3) is 0.929. The van der Waals surface area contributed by atoms with Crippen LogP contribution < -0.4 is 0 Å². The predicted molar refractivity (Wildman–Crippen MR) is 70.1 cm³/mol. The van der Waals surface area contributed by atoms with E-state index in [4.69, 9.17) is 5.11 Å². The van der Waals surface area contributed by atoms with Gasteiger partial charge in [-0.2, -0.15) is 0 Å². The van der Waals surface area contributed by atoms with E-state index < -0.39 is 5.97 Å². The van der Waals surface area contributed by atoms with Gasteiger partial charge in [0, 0.05) is 11.6 Å². The number of carboxylic acid groups (broad SMARTS) is 1. The zero-order valence-corrected chi connectivity index (χ0v) is 11.9. The summed E-state index contributed by atoms with van der Waals surface area (Å²) in [6.07, 6.45) is 3.55. The number of aliphatic carboxylic acids is 1. The van der Waals surface area contributed by atoms with Crippen molar-refractivity contribution in [2.24, 2.45) is 11.8 Å². The first-order chi connectivity index (χ1) is 7.70. The van der Waals surface area contributed by atoms with Crippen LogP contribution in [-0.4, -0.2) is 34.1 Å². The van der Waals surface area contributed by atoms with Crippen LogP contribution in [0.15, 0.2) is 0 Å². The molecule has 3 nitrogen and oxygen atoms in total. The van der Waals surface area contributed by atoms with E-state index in [-0.39, 0.29) is 12.1 Å². The second-order valence-corrected chi connectivity index (χ2v) is 6.76. The SMILES string of the molecule is CC1CC(C)CC(N(CC(=O)O)C(C)(C)C)C1. The van der Waals surface area contributed by atoms with Crippen LogP contribution in [0.4, 0.5) is 0 Å². The van der Waals surface area contributed by atoms with Crippen LogP contribution in [0.5, 0.6) is 0 Å². The number of carboxylic acids is 1. The standard InChI is InChI=1S/C14H27NO2/c1-10-6-11(2)8-12(7-10)15(9-13(16)17)14(3,4)5/h10-12H,6-9H2,1-5H3,(H,16,17). The van der Waals surface area contributed by atoms with Crippen LogP contribution in [0.3, 0.4) is 0 Å². The molecule has 0 heterocycles. The van der Waals surface area contributed by atoms with Gasteiger partial charge in [-0.15, -0.1) is 0 Å². The summed E-state index contributed by atoms with van der Waals surface area (Å²) in [7, 11) is 0. The Hall–Kier alpha value is -0.570. The van der Waals surface area contributed by atoms with Crippen LogP contribution in [0.25, 0.3) is 0 Å². The lowest BCUT2D eigenvalue weighted by Gasteiger charge is -2.45. The molecular weight excluding hydrogens is 214 g/mol. The average Bonchev–Trinajstić information content (AvgIpc) is 2.10. The van der Waals surface area contributed by atoms with Crippen molar-refractivity contribution >= 4 is 5.97 Å². The monoisotopic (exact) mass is 241 g/mol. The van der Waals surface area contributed by atoms with Crippen molar-refractivity contribution in [2.45, 2.75) is 65.5 Å². The third-order valence-electron chi connectivity index (χ3n) is 3.76. The van der Waals surface area contributed by atoms with Gasteiger partial charge in [0.15, 0.2) is 0 Å². The van der Waals surface area contributed by atoms with E-state index in [2.05, 4.69) is 39.5 Å². The average molecular weight is 241 g/mol. The maximum Gasteiger partial charge on any atom is 0.317 e. The Balaban J connectivity index is 2.78. The summed E-state index contributed by atoms with van der Waals surface area (Å²) in [5, 5.41) is 9.07. The van der Waals surface area contributed by atoms with Crippen LogP contribution in [0, 0.1) is 11.8 Å². The third kappa shape index (κ3) is 4.30. The maximum atomic E-state index is 11.0. The van der Waals surface area contributed by atoms with Crippen molar-refractivity contribution in [1.82, 2.24) is 4.90 Å². The minimum absolute atomic E-state index is 0.0696. The zero-order valence-electron chi connectivity index (χ0n) is 11.9. The Labute approximate surface area is 105 Å². The smallest absolute Gasteiger partial charge is 0.317 e. The molecule has 1 N–H and O–H groups in total. The van der Waals surface area contributed by atoms with Gasteiger partial charge in [0.2, 0.25) is 0 Å². The van der Waals surface area contributed by atoms with Crippen LogP contribution >= 0.6 is 0 Å². The van der Waals surface area contributed by atoms with E-state index in [0.29, 0.717) is 17.9 Å². The second-order valence-electron chi connectivity index (χ2n) is 6.76. The van der Waals surface area contributed by atoms with Gasteiger partial charge < -0.3 is 5.11 Å². The van der Waals surface area contributed by atoms with E-state index in [0.717, 1.165) is 12.8 Å². The van der Waals surface area contributed by atoms with Crippen molar-refractivity contribution < 1.29 is 9.90 Å². The van der Waals surface area contributed by atoms with Crippen molar-refractivity contribution in [3.05, 3.63) is 0 Å². The molecule has 0 aromatic carbocycles. The summed E-state index contributed by atoms with van der Waals surface area (Å²) in [5.41, 5.74) is -0.0696. The van der Waals surface area contributed by atoms with Gasteiger partial charge in [-0.3, -0.25) is 9.69 Å². The number of carbonyl (C=O) groups is 1. The summed E-state index contributed by atoms with van der Waals surface area (Å²) >= 11 is 0. The molecular formula is C14H27NO2. The number of nitrogens with zero attached hydrogens (tertiary/aromatic N) is 1. The van der Waals surface area contributed by atoms with E-state index in [1.54, 1.807) is 0 Å². The molecule has 0 saturated heterocycles. The zero-order chi connectivity index (χ0) is 13.2. The molecule has 3 heteroatoms. The number of hydrogen-bond donors (Lipinski definition) is 1. The molecule has 0 radical (unpaired) electrons. The summed E-state index contributed by atoms with van der Waals surface area (Å²) in [5.74, 6) is 0.704. The Kier molecular flexibility index (Phi) is 4.59. The van der Waals surface area contributed by atoms with Gasteiger partial charge in [0.05, 0.1) is 6.54 Å². The van der Waals surface area contributed by atoms with Crippen LogP contribution in [0.2, 0.25) is 0 Å². The fourth-order valence-electron chi connectivity index (χ4n) is 3.22. The van der Waals surface area contributed by atoms with Crippen molar-refractivity contribution in [2.75, 3.05) is 6.54 Å². The third-order valence-corrected chi connectivity index (χ3v) is 3.76. The minimum Gasteiger partial charge on any atom is -0.480 e. The molecule has 1 aliphatic rings. The highest BCUT2D eigenvalue weighted by Crippen LogP contribution is 2.34. The molecule has 1 aliphatic carbocycles. The Morgan fingerprint density at radius 1 is 1.18 bits per heavy atom. The van der Waals surface area contributed by atoms with Crippen molar-refractivity contribution in [1.29, 1.82) is 0 Å². The van der Waals surface area contributed by atoms with Gasteiger partial charge in [-0.1, -0.05) is 13.8 Å². The van der Waals surface area contributed by atoms with Gasteiger partial charge in [-0.25, -0.2) is 0 Å². The normalized spacial score (nSPS) is 30.6. The molecule has 2 atom stereocenters. The molecule has 0 spiro atoms. The van der Waals surface area contributed by atoms with E-state index in [1.165, 1.54) is 6.42 Å². The molecule has 100 valence electrons. The van der Waals surface area contributed by atoms with E-state index in [9.17, 15) is 4.79 Å². The lowest BCUT2D eigenvalue weighted by molar-refractivity contribution is -0.141. The van der Waals surface area contributed by atoms with Crippen molar-refractivity contribution in [3.63, 3.8) is 0 Å². The molecule has 1 rings (SSSR count). The molecule has 0 aromatic heterocycles. The minimum atomic E-state index is -0.717. The molecule has 1 fully saturated rings. The highest BCUT2D eigenvalue weighted by molar-refractivity contribution is 5.69. The number of rotatable bonds is 3. The Morgan fingerprint density at radius 3 is 2.00 bits per heavy atom. The quantitative estimate of drug-likeness (QED) is 0.825. The van der Waals surface area contributed by atoms with Gasteiger partial charge in [-0.05, 0) is 51.9 Å². The maximum absolute atomic E-state index is 11.0. The molecule has 0 amide bonds. The first-order valence-electron chi connectivity index (χ1n) is 6.68. The molecule has 17 heavy (non-hydrogen) atoms. The predicted octanol–water partition coefficient (Wildman–Crippen LogP) is 3.00. The summed E-state index contributed by atoms with van der Waals surface area (Å²) in [6.45, 7) is 11.1. The first-order valence-corrected chi connectivity index (χ1v) is 6.68. The van der Waals surface area contributed by atoms with E-state index in [1.807, 2.05) is 0 Å². The Morgan fingerprint density at radius 2 is 1.65 bits per heavy atom. The second kappa shape index (κ2) is 5.38. The van der Waals surface area contributed by atoms with Gasteiger partial charge in [0.25, 0.3) is 0 Å². The van der Waals surface area contributed by atoms with E-state index >= 15 is 0 Å². The topological polar surface area (TPSA) is 40.5 Å². The van der Waals surface area contributed by atoms with Gasteiger partial charge in [0.1, 0.15) is 0 Å². The lowest BCUT2D eigenvalue weighted by Crippen LogP contribution is -2.52. The summed E-state index contributed by atoms with van der Waals surface area (Å²) < 4.78 is 0. The first kappa shape index (κ1) is 14.5. The number of hydrogen-bond acceptors (Lipinski definition) is 2. The molecule has 0 aromatic rings. The Bertz CT molecular complexity index is 260. The summed E-state index contributed by atoms with van der Waals surface area (Å²) in [4.78, 5) is 13.2. The molecule has 0 aliphatic heterocycles. The molecule has 1 saturated carbocycles. The fourth-order valence-corrected chi connectivity index (χ4v) is 3.22. The highest BCUT2D eigenvalue weighted by Gasteiger charge is 2.34. The van der Waals surface area contributed by atoms with Gasteiger partial charge >= 0.3 is 5.97 Å².